The van der Waals surface area contributed by atoms with E-state index in [0.29, 0.717) is 25.9 Å². The minimum absolute atomic E-state index is 0.0398. The van der Waals surface area contributed by atoms with Crippen LogP contribution < -0.4 is 21.3 Å². The summed E-state index contributed by atoms with van der Waals surface area (Å²) in [5, 5.41) is 11.9. The minimum atomic E-state index is -1.08. The number of carbonyl (C=O) groups is 5. The topological polar surface area (TPSA) is 137 Å². The van der Waals surface area contributed by atoms with E-state index < -0.39 is 35.7 Å². The molecule has 0 heterocycles. The molecule has 0 spiro atoms. The van der Waals surface area contributed by atoms with E-state index in [1.807, 2.05) is 91.0 Å². The Morgan fingerprint density at radius 3 is 1.89 bits per heavy atom. The van der Waals surface area contributed by atoms with Crippen LogP contribution >= 0.6 is 0 Å². The van der Waals surface area contributed by atoms with Gasteiger partial charge in [0, 0.05) is 38.5 Å². The van der Waals surface area contributed by atoms with Crippen LogP contribution in [0.1, 0.15) is 82.4 Å². The number of hydrogen-bond donors (Lipinski definition) is 4. The SMILES string of the molecule is CC(C)CCN(C(=O)[C@H](Cc1ccccc1)NCCC(=O)NCc1ccccc1)C(Cc1ccccc1)C(=O)NC(C)C(=O)C(=O)NC1CCCCC1. The summed E-state index contributed by atoms with van der Waals surface area (Å²) < 4.78 is 0. The molecule has 10 nitrogen and oxygen atoms in total. The van der Waals surface area contributed by atoms with E-state index in [2.05, 4.69) is 35.1 Å². The van der Waals surface area contributed by atoms with Crippen molar-refractivity contribution in [1.82, 2.24) is 26.2 Å². The average molecular weight is 724 g/mol. The lowest BCUT2D eigenvalue weighted by Gasteiger charge is -2.35. The van der Waals surface area contributed by atoms with Gasteiger partial charge in [0.2, 0.25) is 23.5 Å². The van der Waals surface area contributed by atoms with Crippen LogP contribution in [0.5, 0.6) is 0 Å². The van der Waals surface area contributed by atoms with E-state index in [0.717, 1.165) is 48.8 Å². The summed E-state index contributed by atoms with van der Waals surface area (Å²) in [7, 11) is 0. The zero-order valence-electron chi connectivity index (χ0n) is 31.5. The fourth-order valence-corrected chi connectivity index (χ4v) is 6.62. The molecule has 4 N–H and O–H groups in total. The van der Waals surface area contributed by atoms with Crippen molar-refractivity contribution in [2.24, 2.45) is 5.92 Å². The van der Waals surface area contributed by atoms with Crippen molar-refractivity contribution in [2.75, 3.05) is 13.1 Å². The molecule has 3 atom stereocenters. The van der Waals surface area contributed by atoms with Crippen LogP contribution in [0, 0.1) is 5.92 Å². The van der Waals surface area contributed by atoms with E-state index in [9.17, 15) is 24.0 Å². The molecule has 1 aliphatic rings. The van der Waals surface area contributed by atoms with Crippen LogP contribution in [-0.2, 0) is 43.4 Å². The molecular formula is C43H57N5O5. The third-order valence-corrected chi connectivity index (χ3v) is 9.75. The van der Waals surface area contributed by atoms with Crippen LogP contribution in [0.3, 0.4) is 0 Å². The number of rotatable bonds is 20. The molecule has 4 rings (SSSR count). The zero-order chi connectivity index (χ0) is 38.0. The predicted octanol–water partition coefficient (Wildman–Crippen LogP) is 4.90. The van der Waals surface area contributed by atoms with Crippen molar-refractivity contribution in [2.45, 2.75) is 109 Å². The predicted molar refractivity (Wildman–Crippen MR) is 208 cm³/mol. The number of nitrogens with zero attached hydrogens (tertiary/aromatic N) is 1. The lowest BCUT2D eigenvalue weighted by Crippen LogP contribution is -2.59. The molecule has 10 heteroatoms. The van der Waals surface area contributed by atoms with Crippen LogP contribution in [-0.4, -0.2) is 71.6 Å². The van der Waals surface area contributed by atoms with Gasteiger partial charge in [-0.2, -0.15) is 0 Å². The van der Waals surface area contributed by atoms with Crippen molar-refractivity contribution in [3.63, 3.8) is 0 Å². The van der Waals surface area contributed by atoms with E-state index in [1.165, 1.54) is 6.92 Å². The summed E-state index contributed by atoms with van der Waals surface area (Å²) in [6.45, 7) is 6.61. The molecule has 3 aromatic carbocycles. The van der Waals surface area contributed by atoms with Crippen LogP contribution in [0.15, 0.2) is 91.0 Å². The van der Waals surface area contributed by atoms with Crippen LogP contribution in [0.25, 0.3) is 0 Å². The first kappa shape index (κ1) is 40.9. The Morgan fingerprint density at radius 1 is 0.736 bits per heavy atom. The monoisotopic (exact) mass is 723 g/mol. The van der Waals surface area contributed by atoms with Gasteiger partial charge in [0.1, 0.15) is 6.04 Å². The number of hydrogen-bond acceptors (Lipinski definition) is 6. The summed E-state index contributed by atoms with van der Waals surface area (Å²) in [5.74, 6) is -2.09. The molecule has 0 saturated heterocycles. The highest BCUT2D eigenvalue weighted by atomic mass is 16.2. The first-order valence-corrected chi connectivity index (χ1v) is 19.2. The second-order valence-electron chi connectivity index (χ2n) is 14.5. The van der Waals surface area contributed by atoms with Gasteiger partial charge in [-0.3, -0.25) is 24.0 Å². The van der Waals surface area contributed by atoms with E-state index in [1.54, 1.807) is 4.90 Å². The molecule has 4 amide bonds. The van der Waals surface area contributed by atoms with Crippen LogP contribution in [0.4, 0.5) is 0 Å². The Bertz CT molecular complexity index is 1600. The maximum Gasteiger partial charge on any atom is 0.289 e. The maximum atomic E-state index is 14.8. The summed E-state index contributed by atoms with van der Waals surface area (Å²) >= 11 is 0. The molecule has 53 heavy (non-hydrogen) atoms. The Hall–Kier alpha value is -4.83. The Labute approximate surface area is 314 Å². The second-order valence-corrected chi connectivity index (χ2v) is 14.5. The molecular weight excluding hydrogens is 667 g/mol. The van der Waals surface area contributed by atoms with Gasteiger partial charge < -0.3 is 26.2 Å². The minimum Gasteiger partial charge on any atom is -0.352 e. The molecule has 284 valence electrons. The lowest BCUT2D eigenvalue weighted by molar-refractivity contribution is -0.144. The van der Waals surface area contributed by atoms with Gasteiger partial charge in [-0.05, 0) is 55.2 Å². The number of benzene rings is 3. The van der Waals surface area contributed by atoms with E-state index in [4.69, 9.17) is 0 Å². The van der Waals surface area contributed by atoms with Gasteiger partial charge in [0.15, 0.2) is 0 Å². The zero-order valence-corrected chi connectivity index (χ0v) is 31.5. The maximum absolute atomic E-state index is 14.8. The largest absolute Gasteiger partial charge is 0.352 e. The molecule has 1 aliphatic carbocycles. The molecule has 3 aromatic rings. The molecule has 0 bridgehead atoms. The van der Waals surface area contributed by atoms with Crippen molar-refractivity contribution in [3.8, 4) is 0 Å². The molecule has 0 radical (unpaired) electrons. The summed E-state index contributed by atoms with van der Waals surface area (Å²) in [4.78, 5) is 69.6. The number of Topliss-reactive ketones (excluding diaryl/α,β-unsaturated/α-hetero) is 1. The molecule has 0 aliphatic heterocycles. The Morgan fingerprint density at radius 2 is 1.30 bits per heavy atom. The highest BCUT2D eigenvalue weighted by Gasteiger charge is 2.36. The van der Waals surface area contributed by atoms with E-state index in [-0.39, 0.29) is 43.2 Å². The van der Waals surface area contributed by atoms with Gasteiger partial charge in [-0.15, -0.1) is 0 Å². The van der Waals surface area contributed by atoms with Gasteiger partial charge in [0.05, 0.1) is 12.1 Å². The average Bonchev–Trinajstić information content (AvgIpc) is 3.17. The summed E-state index contributed by atoms with van der Waals surface area (Å²) in [6.07, 6.45) is 6.17. The molecule has 0 aromatic heterocycles. The Balaban J connectivity index is 1.54. The Kier molecular flexibility index (Phi) is 16.7. The van der Waals surface area contributed by atoms with Crippen molar-refractivity contribution in [3.05, 3.63) is 108 Å². The van der Waals surface area contributed by atoms with Gasteiger partial charge in [-0.1, -0.05) is 124 Å². The summed E-state index contributed by atoms with van der Waals surface area (Å²) in [5.41, 5.74) is 2.78. The fourth-order valence-electron chi connectivity index (χ4n) is 6.62. The number of nitrogens with one attached hydrogen (secondary N) is 4. The molecule has 1 fully saturated rings. The second kappa shape index (κ2) is 21.6. The van der Waals surface area contributed by atoms with Gasteiger partial charge in [0.25, 0.3) is 5.91 Å². The first-order chi connectivity index (χ1) is 25.6. The van der Waals surface area contributed by atoms with Crippen LogP contribution in [0.2, 0.25) is 0 Å². The highest BCUT2D eigenvalue weighted by molar-refractivity contribution is 6.38. The third kappa shape index (κ3) is 13.9. The number of ketones is 1. The third-order valence-electron chi connectivity index (χ3n) is 9.75. The normalized spacial score (nSPS) is 14.8. The number of carbonyl (C=O) groups excluding carboxylic acids is 5. The van der Waals surface area contributed by atoms with E-state index >= 15 is 0 Å². The van der Waals surface area contributed by atoms with Gasteiger partial charge in [-0.25, -0.2) is 0 Å². The fraction of sp³-hybridized carbons (Fsp3) is 0.465. The molecule has 1 saturated carbocycles. The highest BCUT2D eigenvalue weighted by Crippen LogP contribution is 2.18. The lowest BCUT2D eigenvalue weighted by atomic mass is 9.95. The molecule has 2 unspecified atom stereocenters. The standard InChI is InChI=1S/C43H57N5O5/c1-31(2)25-27-48(43(53)37(28-33-16-8-4-9-17-33)44-26-24-39(49)45-30-35-20-12-6-13-21-35)38(29-34-18-10-5-11-19-34)41(51)46-32(3)40(50)42(52)47-36-22-14-7-15-23-36/h4-6,8-13,16-21,31-32,36-38,44H,7,14-15,22-30H2,1-3H3,(H,45,49)(H,46,51)(H,47,52)/t32?,37-,38?/m0/s1. The quantitative estimate of drug-likeness (QED) is 0.123. The van der Waals surface area contributed by atoms with Gasteiger partial charge >= 0.3 is 0 Å². The van der Waals surface area contributed by atoms with Crippen molar-refractivity contribution >= 4 is 29.4 Å². The number of amides is 4. The summed E-state index contributed by atoms with van der Waals surface area (Å²) in [6, 6.07) is 26.0. The first-order valence-electron chi connectivity index (χ1n) is 19.2. The smallest absolute Gasteiger partial charge is 0.289 e. The van der Waals surface area contributed by atoms with Crippen molar-refractivity contribution in [1.29, 1.82) is 0 Å². The van der Waals surface area contributed by atoms with Crippen molar-refractivity contribution < 1.29 is 24.0 Å².